The van der Waals surface area contributed by atoms with E-state index in [9.17, 15) is 0 Å². The van der Waals surface area contributed by atoms with E-state index in [1.165, 1.54) is 5.56 Å². The van der Waals surface area contributed by atoms with Gasteiger partial charge in [-0.25, -0.2) is 0 Å². The molecule has 1 aromatic carbocycles. The van der Waals surface area contributed by atoms with Crippen molar-refractivity contribution in [2.75, 3.05) is 13.7 Å². The Labute approximate surface area is 97.8 Å². The third-order valence-electron chi connectivity index (χ3n) is 3.05. The van der Waals surface area contributed by atoms with E-state index in [0.29, 0.717) is 6.54 Å². The number of hydrogen-bond acceptors (Lipinski definition) is 3. The fraction of sp³-hybridized carbons (Fsp3) is 0.538. The molecule has 3 heteroatoms. The summed E-state index contributed by atoms with van der Waals surface area (Å²) in [5, 5.41) is 0. The number of benzene rings is 1. The molecule has 0 aliphatic heterocycles. The lowest BCUT2D eigenvalue weighted by Gasteiger charge is -2.21. The van der Waals surface area contributed by atoms with Crippen LogP contribution in [0, 0.1) is 5.92 Å². The van der Waals surface area contributed by atoms with Crippen molar-refractivity contribution in [1.29, 1.82) is 0 Å². The SMILES string of the molecule is CCc1ccc(OC)c(C(N)C(C)CN)c1. The first kappa shape index (κ1) is 13.0. The van der Waals surface area contributed by atoms with Crippen LogP contribution in [0.4, 0.5) is 0 Å². The number of aryl methyl sites for hydroxylation is 1. The molecule has 0 aliphatic rings. The van der Waals surface area contributed by atoms with Gasteiger partial charge in [0.1, 0.15) is 5.75 Å². The van der Waals surface area contributed by atoms with Crippen LogP contribution >= 0.6 is 0 Å². The number of rotatable bonds is 5. The average molecular weight is 222 g/mol. The second kappa shape index (κ2) is 5.87. The molecule has 0 spiro atoms. The Morgan fingerprint density at radius 1 is 1.38 bits per heavy atom. The van der Waals surface area contributed by atoms with Crippen LogP contribution in [-0.4, -0.2) is 13.7 Å². The Hall–Kier alpha value is -1.06. The van der Waals surface area contributed by atoms with Crippen LogP contribution in [0.2, 0.25) is 0 Å². The highest BCUT2D eigenvalue weighted by Crippen LogP contribution is 2.29. The standard InChI is InChI=1S/C13H22N2O/c1-4-10-5-6-12(16-3)11(7-10)13(15)9(2)8-14/h5-7,9,13H,4,8,14-15H2,1-3H3. The normalized spacial score (nSPS) is 14.6. The number of ether oxygens (including phenoxy) is 1. The van der Waals surface area contributed by atoms with Crippen molar-refractivity contribution in [3.8, 4) is 5.75 Å². The van der Waals surface area contributed by atoms with Crippen LogP contribution in [0.3, 0.4) is 0 Å². The first-order chi connectivity index (χ1) is 7.63. The Kier molecular flexibility index (Phi) is 4.77. The molecule has 4 N–H and O–H groups in total. The largest absolute Gasteiger partial charge is 0.496 e. The van der Waals surface area contributed by atoms with Gasteiger partial charge in [0, 0.05) is 11.6 Å². The van der Waals surface area contributed by atoms with Crippen LogP contribution in [0.25, 0.3) is 0 Å². The van der Waals surface area contributed by atoms with Gasteiger partial charge in [-0.05, 0) is 30.5 Å². The lowest BCUT2D eigenvalue weighted by atomic mass is 9.93. The van der Waals surface area contributed by atoms with E-state index in [4.69, 9.17) is 16.2 Å². The summed E-state index contributed by atoms with van der Waals surface area (Å²) in [6.45, 7) is 4.77. The molecule has 0 aromatic heterocycles. The summed E-state index contributed by atoms with van der Waals surface area (Å²) in [6.07, 6.45) is 1.00. The van der Waals surface area contributed by atoms with Gasteiger partial charge in [0.05, 0.1) is 7.11 Å². The predicted molar refractivity (Wildman–Crippen MR) is 67.5 cm³/mol. The Balaban J connectivity index is 3.07. The van der Waals surface area contributed by atoms with E-state index < -0.39 is 0 Å². The Bertz CT molecular complexity index is 339. The maximum atomic E-state index is 6.19. The first-order valence-corrected chi connectivity index (χ1v) is 5.76. The molecule has 3 nitrogen and oxygen atoms in total. The molecule has 16 heavy (non-hydrogen) atoms. The van der Waals surface area contributed by atoms with E-state index in [1.807, 2.05) is 6.07 Å². The highest BCUT2D eigenvalue weighted by molar-refractivity contribution is 5.39. The predicted octanol–water partition coefficient (Wildman–Crippen LogP) is 1.85. The fourth-order valence-electron chi connectivity index (χ4n) is 1.72. The lowest BCUT2D eigenvalue weighted by Crippen LogP contribution is -2.26. The molecule has 0 fully saturated rings. The third-order valence-corrected chi connectivity index (χ3v) is 3.05. The highest BCUT2D eigenvalue weighted by atomic mass is 16.5. The lowest BCUT2D eigenvalue weighted by molar-refractivity contribution is 0.392. The summed E-state index contributed by atoms with van der Waals surface area (Å²) in [5.74, 6) is 1.10. The van der Waals surface area contributed by atoms with E-state index >= 15 is 0 Å². The molecule has 1 rings (SSSR count). The zero-order valence-corrected chi connectivity index (χ0v) is 10.4. The number of nitrogens with two attached hydrogens (primary N) is 2. The van der Waals surface area contributed by atoms with Gasteiger partial charge in [-0.3, -0.25) is 0 Å². The average Bonchev–Trinajstić information content (AvgIpc) is 2.35. The molecular formula is C13H22N2O. The van der Waals surface area contributed by atoms with Gasteiger partial charge < -0.3 is 16.2 Å². The van der Waals surface area contributed by atoms with Crippen molar-refractivity contribution >= 4 is 0 Å². The van der Waals surface area contributed by atoms with Gasteiger partial charge in [-0.2, -0.15) is 0 Å². The molecule has 2 atom stereocenters. The molecule has 0 radical (unpaired) electrons. The monoisotopic (exact) mass is 222 g/mol. The number of hydrogen-bond donors (Lipinski definition) is 2. The van der Waals surface area contributed by atoms with Gasteiger partial charge in [-0.15, -0.1) is 0 Å². The van der Waals surface area contributed by atoms with E-state index in [0.717, 1.165) is 17.7 Å². The summed E-state index contributed by atoms with van der Waals surface area (Å²) in [5.41, 5.74) is 14.2. The second-order valence-corrected chi connectivity index (χ2v) is 4.17. The molecular weight excluding hydrogens is 200 g/mol. The van der Waals surface area contributed by atoms with Gasteiger partial charge in [0.2, 0.25) is 0 Å². The molecule has 1 aromatic rings. The molecule has 0 aliphatic carbocycles. The van der Waals surface area contributed by atoms with Crippen LogP contribution < -0.4 is 16.2 Å². The Morgan fingerprint density at radius 2 is 2.06 bits per heavy atom. The molecule has 90 valence electrons. The highest BCUT2D eigenvalue weighted by Gasteiger charge is 2.17. The minimum atomic E-state index is -0.0635. The van der Waals surface area contributed by atoms with Gasteiger partial charge in [-0.1, -0.05) is 26.0 Å². The minimum absolute atomic E-state index is 0.0635. The Morgan fingerprint density at radius 3 is 2.56 bits per heavy atom. The second-order valence-electron chi connectivity index (χ2n) is 4.17. The van der Waals surface area contributed by atoms with Gasteiger partial charge >= 0.3 is 0 Å². The van der Waals surface area contributed by atoms with Crippen molar-refractivity contribution in [3.63, 3.8) is 0 Å². The third kappa shape index (κ3) is 2.74. The minimum Gasteiger partial charge on any atom is -0.496 e. The number of methoxy groups -OCH3 is 1. The maximum absolute atomic E-state index is 6.19. The fourth-order valence-corrected chi connectivity index (χ4v) is 1.72. The van der Waals surface area contributed by atoms with Crippen LogP contribution in [0.1, 0.15) is 31.0 Å². The first-order valence-electron chi connectivity index (χ1n) is 5.76. The maximum Gasteiger partial charge on any atom is 0.123 e. The summed E-state index contributed by atoms with van der Waals surface area (Å²) < 4.78 is 5.34. The van der Waals surface area contributed by atoms with Gasteiger partial charge in [0.25, 0.3) is 0 Å². The quantitative estimate of drug-likeness (QED) is 0.799. The van der Waals surface area contributed by atoms with Crippen LogP contribution in [0.5, 0.6) is 5.75 Å². The van der Waals surface area contributed by atoms with E-state index in [2.05, 4.69) is 26.0 Å². The summed E-state index contributed by atoms with van der Waals surface area (Å²) in [4.78, 5) is 0. The summed E-state index contributed by atoms with van der Waals surface area (Å²) in [7, 11) is 1.67. The topological polar surface area (TPSA) is 61.3 Å². The summed E-state index contributed by atoms with van der Waals surface area (Å²) >= 11 is 0. The van der Waals surface area contributed by atoms with Crippen molar-refractivity contribution in [3.05, 3.63) is 29.3 Å². The van der Waals surface area contributed by atoms with Crippen molar-refractivity contribution in [2.24, 2.45) is 17.4 Å². The van der Waals surface area contributed by atoms with Gasteiger partial charge in [0.15, 0.2) is 0 Å². The van der Waals surface area contributed by atoms with Crippen molar-refractivity contribution in [1.82, 2.24) is 0 Å². The molecule has 0 amide bonds. The van der Waals surface area contributed by atoms with E-state index in [1.54, 1.807) is 7.11 Å². The van der Waals surface area contributed by atoms with E-state index in [-0.39, 0.29) is 12.0 Å². The molecule has 0 bridgehead atoms. The zero-order valence-electron chi connectivity index (χ0n) is 10.4. The molecule has 0 saturated heterocycles. The van der Waals surface area contributed by atoms with Crippen LogP contribution in [0.15, 0.2) is 18.2 Å². The zero-order chi connectivity index (χ0) is 12.1. The molecule has 2 unspecified atom stereocenters. The van der Waals surface area contributed by atoms with Crippen LogP contribution in [-0.2, 0) is 6.42 Å². The van der Waals surface area contributed by atoms with Crippen molar-refractivity contribution in [2.45, 2.75) is 26.3 Å². The molecule has 0 saturated carbocycles. The smallest absolute Gasteiger partial charge is 0.123 e. The molecule has 0 heterocycles. The van der Waals surface area contributed by atoms with Crippen molar-refractivity contribution < 1.29 is 4.74 Å². The summed E-state index contributed by atoms with van der Waals surface area (Å²) in [6, 6.07) is 6.11.